The Labute approximate surface area is 190 Å². The predicted octanol–water partition coefficient (Wildman–Crippen LogP) is 3.94. The smallest absolute Gasteiger partial charge is 0.480 e. The van der Waals surface area contributed by atoms with E-state index >= 15 is 0 Å². The number of nitrogens with zero attached hydrogens (tertiary/aromatic N) is 5. The summed E-state index contributed by atoms with van der Waals surface area (Å²) in [6, 6.07) is 6.64. The zero-order chi connectivity index (χ0) is 23.6. The van der Waals surface area contributed by atoms with Crippen LogP contribution in [0.25, 0.3) is 16.9 Å². The number of methoxy groups -OCH3 is 2. The average molecular weight is 471 g/mol. The molecule has 12 heteroatoms. The van der Waals surface area contributed by atoms with Crippen LogP contribution in [0.3, 0.4) is 0 Å². The lowest BCUT2D eigenvalue weighted by atomic mass is 10.0. The van der Waals surface area contributed by atoms with E-state index in [0.717, 1.165) is 21.8 Å². The van der Waals surface area contributed by atoms with E-state index < -0.39 is 12.2 Å². The molecule has 2 atom stereocenters. The van der Waals surface area contributed by atoms with Crippen LogP contribution < -0.4 is 18.9 Å². The second-order valence-electron chi connectivity index (χ2n) is 7.90. The highest BCUT2D eigenvalue weighted by Crippen LogP contribution is 2.57. The van der Waals surface area contributed by atoms with Gasteiger partial charge in [-0.3, -0.25) is 0 Å². The normalized spacial score (nSPS) is 19.9. The van der Waals surface area contributed by atoms with Crippen LogP contribution in [-0.4, -0.2) is 45.1 Å². The molecule has 34 heavy (non-hydrogen) atoms. The van der Waals surface area contributed by atoms with E-state index in [4.69, 9.17) is 9.47 Å². The SMILES string of the molecule is COc1ncc(-c2cc([C@H]3C[C@@H]3c3ccc4c(c3)OC(F)(F)O4)c3ncc(F)n3n2)c(OC)n1. The van der Waals surface area contributed by atoms with Gasteiger partial charge in [0.15, 0.2) is 17.1 Å². The fourth-order valence-electron chi connectivity index (χ4n) is 4.25. The van der Waals surface area contributed by atoms with Gasteiger partial charge in [0, 0.05) is 11.8 Å². The standard InChI is InChI=1S/C22H16F3N5O4/c1-31-20-14(8-27-21(28-20)32-2)15-7-13(19-26-9-18(23)30(19)29-15)12-6-11(12)10-3-4-16-17(5-10)34-22(24,25)33-16/h3-5,7-9,11-12H,6H2,1-2H3/t11-,12+/m1/s1. The van der Waals surface area contributed by atoms with Crippen molar-refractivity contribution >= 4 is 5.65 Å². The van der Waals surface area contributed by atoms with Crippen LogP contribution in [0.5, 0.6) is 23.4 Å². The molecular weight excluding hydrogens is 455 g/mol. The molecule has 6 rings (SSSR count). The Morgan fingerprint density at radius 2 is 1.85 bits per heavy atom. The van der Waals surface area contributed by atoms with Crippen LogP contribution in [0.15, 0.2) is 36.7 Å². The first kappa shape index (κ1) is 20.5. The summed E-state index contributed by atoms with van der Waals surface area (Å²) < 4.78 is 61.9. The maximum absolute atomic E-state index is 14.5. The summed E-state index contributed by atoms with van der Waals surface area (Å²) in [5, 5.41) is 4.36. The number of rotatable bonds is 5. The molecule has 1 aromatic carbocycles. The molecule has 4 heterocycles. The van der Waals surface area contributed by atoms with Crippen molar-refractivity contribution in [1.29, 1.82) is 0 Å². The van der Waals surface area contributed by atoms with Gasteiger partial charge in [0.25, 0.3) is 0 Å². The number of alkyl halides is 2. The van der Waals surface area contributed by atoms with Gasteiger partial charge in [0.2, 0.25) is 11.8 Å². The lowest BCUT2D eigenvalue weighted by Crippen LogP contribution is -2.25. The summed E-state index contributed by atoms with van der Waals surface area (Å²) in [7, 11) is 2.88. The summed E-state index contributed by atoms with van der Waals surface area (Å²) in [6.45, 7) is 0. The van der Waals surface area contributed by atoms with Crippen molar-refractivity contribution in [1.82, 2.24) is 24.6 Å². The molecule has 9 nitrogen and oxygen atoms in total. The number of ether oxygens (including phenoxy) is 4. The Bertz CT molecular complexity index is 1440. The second kappa shape index (κ2) is 7.20. The Morgan fingerprint density at radius 1 is 1.03 bits per heavy atom. The molecule has 1 aliphatic carbocycles. The van der Waals surface area contributed by atoms with Crippen LogP contribution in [-0.2, 0) is 0 Å². The van der Waals surface area contributed by atoms with Gasteiger partial charge in [0.05, 0.1) is 31.7 Å². The highest BCUT2D eigenvalue weighted by molar-refractivity contribution is 5.68. The second-order valence-corrected chi connectivity index (χ2v) is 7.90. The van der Waals surface area contributed by atoms with Crippen LogP contribution in [0, 0.1) is 5.95 Å². The maximum Gasteiger partial charge on any atom is 0.586 e. The number of hydrogen-bond donors (Lipinski definition) is 0. The largest absolute Gasteiger partial charge is 0.586 e. The van der Waals surface area contributed by atoms with Crippen molar-refractivity contribution in [3.8, 4) is 34.6 Å². The zero-order valence-corrected chi connectivity index (χ0v) is 17.8. The minimum absolute atomic E-state index is 0.00375. The Hall–Kier alpha value is -4.09. The molecule has 2 aliphatic rings. The van der Waals surface area contributed by atoms with E-state index in [1.54, 1.807) is 18.2 Å². The van der Waals surface area contributed by atoms with E-state index in [1.165, 1.54) is 26.5 Å². The van der Waals surface area contributed by atoms with Gasteiger partial charge >= 0.3 is 12.3 Å². The van der Waals surface area contributed by atoms with Crippen LogP contribution >= 0.6 is 0 Å². The van der Waals surface area contributed by atoms with Gasteiger partial charge in [0.1, 0.15) is 0 Å². The molecule has 0 amide bonds. The summed E-state index contributed by atoms with van der Waals surface area (Å²) >= 11 is 0. The van der Waals surface area contributed by atoms with Crippen molar-refractivity contribution in [2.75, 3.05) is 14.2 Å². The molecule has 1 saturated carbocycles. The molecule has 4 aromatic rings. The van der Waals surface area contributed by atoms with Crippen LogP contribution in [0.2, 0.25) is 0 Å². The topological polar surface area (TPSA) is 92.9 Å². The van der Waals surface area contributed by atoms with Gasteiger partial charge in [-0.2, -0.15) is 19.0 Å². The first-order valence-electron chi connectivity index (χ1n) is 10.3. The molecule has 174 valence electrons. The highest BCUT2D eigenvalue weighted by atomic mass is 19.3. The average Bonchev–Trinajstić information content (AvgIpc) is 3.45. The minimum Gasteiger partial charge on any atom is -0.480 e. The van der Waals surface area contributed by atoms with Crippen molar-refractivity contribution in [3.05, 3.63) is 53.7 Å². The lowest BCUT2D eigenvalue weighted by molar-refractivity contribution is -0.286. The first-order valence-corrected chi connectivity index (χ1v) is 10.3. The summed E-state index contributed by atoms with van der Waals surface area (Å²) in [4.78, 5) is 12.5. The molecule has 0 saturated heterocycles. The summed E-state index contributed by atoms with van der Waals surface area (Å²) in [5.41, 5.74) is 2.75. The van der Waals surface area contributed by atoms with Crippen molar-refractivity contribution in [2.24, 2.45) is 0 Å². The Kier molecular flexibility index (Phi) is 4.35. The van der Waals surface area contributed by atoms with Crippen molar-refractivity contribution < 1.29 is 32.1 Å². The van der Waals surface area contributed by atoms with Gasteiger partial charge in [-0.05, 0) is 42.0 Å². The Morgan fingerprint density at radius 3 is 2.65 bits per heavy atom. The molecule has 0 bridgehead atoms. The fourth-order valence-corrected chi connectivity index (χ4v) is 4.25. The van der Waals surface area contributed by atoms with Crippen LogP contribution in [0.1, 0.15) is 29.4 Å². The fraction of sp³-hybridized carbons (Fsp3) is 0.273. The monoisotopic (exact) mass is 471 g/mol. The molecule has 0 radical (unpaired) electrons. The number of aromatic nitrogens is 5. The molecule has 0 spiro atoms. The number of benzene rings is 1. The maximum atomic E-state index is 14.5. The third kappa shape index (κ3) is 3.25. The number of imidazole rings is 1. The van der Waals surface area contributed by atoms with Crippen molar-refractivity contribution in [2.45, 2.75) is 24.6 Å². The van der Waals surface area contributed by atoms with E-state index in [0.29, 0.717) is 23.3 Å². The van der Waals surface area contributed by atoms with E-state index in [-0.39, 0.29) is 35.2 Å². The van der Waals surface area contributed by atoms with Gasteiger partial charge < -0.3 is 18.9 Å². The predicted molar refractivity (Wildman–Crippen MR) is 110 cm³/mol. The highest BCUT2D eigenvalue weighted by Gasteiger charge is 2.46. The molecule has 1 fully saturated rings. The third-order valence-electron chi connectivity index (χ3n) is 5.88. The quantitative estimate of drug-likeness (QED) is 0.432. The minimum atomic E-state index is -3.68. The van der Waals surface area contributed by atoms with Gasteiger partial charge in [-0.1, -0.05) is 6.07 Å². The summed E-state index contributed by atoms with van der Waals surface area (Å²) in [5.74, 6) is -0.488. The van der Waals surface area contributed by atoms with Crippen molar-refractivity contribution in [3.63, 3.8) is 0 Å². The number of halogens is 3. The molecular formula is C22H16F3N5O4. The van der Waals surface area contributed by atoms with E-state index in [2.05, 4.69) is 29.5 Å². The van der Waals surface area contributed by atoms with E-state index in [9.17, 15) is 13.2 Å². The van der Waals surface area contributed by atoms with Gasteiger partial charge in [-0.25, -0.2) is 9.97 Å². The molecule has 1 aliphatic heterocycles. The number of hydrogen-bond acceptors (Lipinski definition) is 8. The summed E-state index contributed by atoms with van der Waals surface area (Å²) in [6.07, 6.45) is -0.389. The first-order chi connectivity index (χ1) is 16.4. The lowest BCUT2D eigenvalue weighted by Gasteiger charge is -2.11. The number of fused-ring (bicyclic) bond motifs is 2. The molecule has 3 aromatic heterocycles. The third-order valence-corrected chi connectivity index (χ3v) is 5.88. The zero-order valence-electron chi connectivity index (χ0n) is 17.8. The Balaban J connectivity index is 1.40. The van der Waals surface area contributed by atoms with Crippen LogP contribution in [0.4, 0.5) is 13.2 Å². The van der Waals surface area contributed by atoms with Gasteiger partial charge in [-0.15, -0.1) is 8.78 Å². The molecule has 0 N–H and O–H groups in total. The molecule has 0 unspecified atom stereocenters. The van der Waals surface area contributed by atoms with E-state index in [1.807, 2.05) is 0 Å².